The van der Waals surface area contributed by atoms with Gasteiger partial charge in [-0.25, -0.2) is 22.8 Å². The van der Waals surface area contributed by atoms with Gasteiger partial charge < -0.3 is 9.47 Å². The van der Waals surface area contributed by atoms with E-state index in [0.717, 1.165) is 6.92 Å². The Morgan fingerprint density at radius 1 is 1.19 bits per heavy atom. The number of hydrogen-bond donors (Lipinski definition) is 1. The molecule has 2 aromatic heterocycles. The van der Waals surface area contributed by atoms with Crippen LogP contribution in [0, 0.1) is 0 Å². The fourth-order valence-electron chi connectivity index (χ4n) is 2.79. The summed E-state index contributed by atoms with van der Waals surface area (Å²) in [5.74, 6) is 0.362. The predicted molar refractivity (Wildman–Crippen MR) is 115 cm³/mol. The van der Waals surface area contributed by atoms with Gasteiger partial charge in [-0.05, 0) is 41.9 Å². The van der Waals surface area contributed by atoms with E-state index in [4.69, 9.17) is 9.47 Å². The molecule has 0 amide bonds. The van der Waals surface area contributed by atoms with E-state index in [1.165, 1.54) is 44.4 Å². The van der Waals surface area contributed by atoms with Crippen molar-refractivity contribution in [1.82, 2.24) is 24.7 Å². The summed E-state index contributed by atoms with van der Waals surface area (Å²) < 4.78 is 56.4. The lowest BCUT2D eigenvalue weighted by atomic mass is 10.0. The van der Waals surface area contributed by atoms with E-state index >= 15 is 4.39 Å². The quantitative estimate of drug-likeness (QED) is 0.486. The Labute approximate surface area is 187 Å². The average molecular weight is 515 g/mol. The molecule has 166 valence electrons. The Morgan fingerprint density at radius 3 is 2.32 bits per heavy atom. The number of alkyl halides is 1. The van der Waals surface area contributed by atoms with Crippen LogP contribution in [0.25, 0.3) is 5.69 Å². The van der Waals surface area contributed by atoms with Gasteiger partial charge in [-0.3, -0.25) is 9.29 Å². The van der Waals surface area contributed by atoms with Crippen molar-refractivity contribution in [3.8, 4) is 17.2 Å². The maximum Gasteiger partial charge on any atom is 0.242 e. The zero-order chi connectivity index (χ0) is 22.8. The van der Waals surface area contributed by atoms with Crippen molar-refractivity contribution in [1.29, 1.82) is 0 Å². The van der Waals surface area contributed by atoms with Gasteiger partial charge in [-0.2, -0.15) is 0 Å². The van der Waals surface area contributed by atoms with E-state index in [2.05, 4.69) is 40.8 Å². The number of benzene rings is 1. The first kappa shape index (κ1) is 22.9. The number of methoxy groups -OCH3 is 2. The lowest BCUT2D eigenvalue weighted by Gasteiger charge is -2.26. The minimum Gasteiger partial charge on any atom is -0.494 e. The maximum absolute atomic E-state index is 15.5. The van der Waals surface area contributed by atoms with Gasteiger partial charge in [0, 0.05) is 12.4 Å². The second-order valence-electron chi connectivity index (χ2n) is 6.63. The zero-order valence-corrected chi connectivity index (χ0v) is 19.5. The monoisotopic (exact) mass is 514 g/mol. The SMILES string of the molecule is COc1cccc(OC)c1-n1cnnc1NS(=O)(=O)[C@@H](C)C(C)(F)c1ncc(Br)cn1. The summed E-state index contributed by atoms with van der Waals surface area (Å²) in [4.78, 5) is 7.80. The van der Waals surface area contributed by atoms with Crippen molar-refractivity contribution >= 4 is 31.9 Å². The summed E-state index contributed by atoms with van der Waals surface area (Å²) in [5, 5.41) is 6.04. The van der Waals surface area contributed by atoms with Gasteiger partial charge >= 0.3 is 0 Å². The lowest BCUT2D eigenvalue weighted by molar-refractivity contribution is 0.175. The zero-order valence-electron chi connectivity index (χ0n) is 17.1. The van der Waals surface area contributed by atoms with Gasteiger partial charge in [0.2, 0.25) is 16.0 Å². The lowest BCUT2D eigenvalue weighted by Crippen LogP contribution is -2.41. The van der Waals surface area contributed by atoms with E-state index in [1.54, 1.807) is 18.2 Å². The number of sulfonamides is 1. The summed E-state index contributed by atoms with van der Waals surface area (Å²) in [6.07, 6.45) is 3.98. The summed E-state index contributed by atoms with van der Waals surface area (Å²) in [6.45, 7) is 2.33. The van der Waals surface area contributed by atoms with Crippen LogP contribution >= 0.6 is 15.9 Å². The minimum atomic E-state index is -4.29. The highest BCUT2D eigenvalue weighted by Gasteiger charge is 2.44. The Morgan fingerprint density at radius 2 is 1.77 bits per heavy atom. The summed E-state index contributed by atoms with van der Waals surface area (Å²) in [5.41, 5.74) is -2.01. The number of nitrogens with one attached hydrogen (secondary N) is 1. The third-order valence-electron chi connectivity index (χ3n) is 4.71. The van der Waals surface area contributed by atoms with Gasteiger partial charge in [0.25, 0.3) is 0 Å². The number of rotatable bonds is 8. The highest BCUT2D eigenvalue weighted by Crippen LogP contribution is 2.35. The molecule has 3 rings (SSSR count). The molecular formula is C18H20BrFN6O4S. The van der Waals surface area contributed by atoms with E-state index in [9.17, 15) is 8.42 Å². The molecule has 0 saturated heterocycles. The van der Waals surface area contributed by atoms with Crippen LogP contribution in [-0.4, -0.2) is 52.6 Å². The molecule has 0 saturated carbocycles. The second-order valence-corrected chi connectivity index (χ2v) is 9.54. The van der Waals surface area contributed by atoms with Crippen molar-refractivity contribution in [2.45, 2.75) is 24.8 Å². The molecule has 10 nitrogen and oxygen atoms in total. The Hall–Kier alpha value is -2.80. The van der Waals surface area contributed by atoms with Crippen LogP contribution in [0.4, 0.5) is 10.3 Å². The first-order chi connectivity index (χ1) is 14.6. The Bertz CT molecular complexity index is 1150. The predicted octanol–water partition coefficient (Wildman–Crippen LogP) is 2.85. The number of anilines is 1. The van der Waals surface area contributed by atoms with E-state index < -0.39 is 20.9 Å². The number of para-hydroxylation sites is 1. The van der Waals surface area contributed by atoms with Crippen LogP contribution in [0.15, 0.2) is 41.4 Å². The third-order valence-corrected chi connectivity index (χ3v) is 6.96. The molecule has 1 N–H and O–H groups in total. The minimum absolute atomic E-state index is 0.165. The van der Waals surface area contributed by atoms with Gasteiger partial charge in [-0.15, -0.1) is 10.2 Å². The fourth-order valence-corrected chi connectivity index (χ4v) is 4.25. The van der Waals surface area contributed by atoms with Crippen molar-refractivity contribution < 1.29 is 22.3 Å². The molecular weight excluding hydrogens is 495 g/mol. The summed E-state index contributed by atoms with van der Waals surface area (Å²) >= 11 is 3.17. The molecule has 3 aromatic rings. The molecule has 0 fully saturated rings. The number of halogens is 2. The largest absolute Gasteiger partial charge is 0.494 e. The second kappa shape index (κ2) is 8.75. The van der Waals surface area contributed by atoms with Crippen molar-refractivity contribution in [2.75, 3.05) is 18.9 Å². The molecule has 13 heteroatoms. The molecule has 0 aliphatic carbocycles. The molecule has 0 bridgehead atoms. The average Bonchev–Trinajstić information content (AvgIpc) is 3.19. The van der Waals surface area contributed by atoms with E-state index in [-0.39, 0.29) is 11.8 Å². The van der Waals surface area contributed by atoms with Crippen LogP contribution in [0.2, 0.25) is 0 Å². The highest BCUT2D eigenvalue weighted by atomic mass is 79.9. The van der Waals surface area contributed by atoms with E-state index in [0.29, 0.717) is 21.7 Å². The number of aromatic nitrogens is 5. The van der Waals surface area contributed by atoms with Crippen LogP contribution in [0.1, 0.15) is 19.7 Å². The molecule has 1 unspecified atom stereocenters. The first-order valence-electron chi connectivity index (χ1n) is 8.91. The molecule has 2 atom stereocenters. The summed E-state index contributed by atoms with van der Waals surface area (Å²) in [7, 11) is -1.37. The summed E-state index contributed by atoms with van der Waals surface area (Å²) in [6, 6.07) is 5.05. The molecule has 0 spiro atoms. The van der Waals surface area contributed by atoms with Crippen molar-refractivity contribution in [3.05, 3.63) is 47.2 Å². The normalized spacial score (nSPS) is 14.5. The Balaban J connectivity index is 1.98. The molecule has 2 heterocycles. The van der Waals surface area contributed by atoms with Gasteiger partial charge in [0.1, 0.15) is 28.8 Å². The topological polar surface area (TPSA) is 121 Å². The van der Waals surface area contributed by atoms with Crippen LogP contribution in [-0.2, 0) is 15.7 Å². The number of ether oxygens (including phenoxy) is 2. The smallest absolute Gasteiger partial charge is 0.242 e. The van der Waals surface area contributed by atoms with Gasteiger partial charge in [0.05, 0.1) is 18.7 Å². The Kier molecular flexibility index (Phi) is 6.46. The van der Waals surface area contributed by atoms with Gasteiger partial charge in [0.15, 0.2) is 11.5 Å². The molecule has 0 aliphatic rings. The third kappa shape index (κ3) is 4.46. The number of hydrogen-bond acceptors (Lipinski definition) is 8. The van der Waals surface area contributed by atoms with Crippen molar-refractivity contribution in [2.24, 2.45) is 0 Å². The highest BCUT2D eigenvalue weighted by molar-refractivity contribution is 9.10. The van der Waals surface area contributed by atoms with Crippen LogP contribution < -0.4 is 14.2 Å². The maximum atomic E-state index is 15.5. The van der Waals surface area contributed by atoms with Gasteiger partial charge in [-0.1, -0.05) is 6.07 Å². The fraction of sp³-hybridized carbons (Fsp3) is 0.333. The van der Waals surface area contributed by atoms with Crippen molar-refractivity contribution in [3.63, 3.8) is 0 Å². The molecule has 0 radical (unpaired) electrons. The molecule has 1 aromatic carbocycles. The molecule has 31 heavy (non-hydrogen) atoms. The molecule has 0 aliphatic heterocycles. The van der Waals surface area contributed by atoms with E-state index in [1.807, 2.05) is 0 Å². The number of nitrogens with zero attached hydrogens (tertiary/aromatic N) is 5. The first-order valence-corrected chi connectivity index (χ1v) is 11.3. The standard InChI is InChI=1S/C18H20BrFN6O4S/c1-11(18(2,20)16-21-8-12(19)9-22-16)31(27,28)25-17-24-23-10-26(17)15-13(29-3)6-5-7-14(15)30-4/h5-11H,1-4H3,(H,24,25)/t11-,18?/m0/s1. The van der Waals surface area contributed by atoms with Crippen LogP contribution in [0.3, 0.4) is 0 Å². The van der Waals surface area contributed by atoms with Crippen LogP contribution in [0.5, 0.6) is 11.5 Å².